The third kappa shape index (κ3) is 3.21. The number of nitrogens with one attached hydrogen (secondary N) is 1. The number of oxazole rings is 1. The van der Waals surface area contributed by atoms with E-state index in [-0.39, 0.29) is 17.2 Å². The lowest BCUT2D eigenvalue weighted by atomic mass is 9.77. The largest absolute Gasteiger partial charge is 0.419 e. The molecule has 21 heavy (non-hydrogen) atoms. The summed E-state index contributed by atoms with van der Waals surface area (Å²) in [4.78, 5) is 11.6. The fourth-order valence-corrected chi connectivity index (χ4v) is 2.49. The van der Waals surface area contributed by atoms with Gasteiger partial charge in [0, 0.05) is 13.1 Å². The van der Waals surface area contributed by atoms with Crippen molar-refractivity contribution in [1.29, 1.82) is 0 Å². The Labute approximate surface area is 126 Å². The van der Waals surface area contributed by atoms with Crippen molar-refractivity contribution in [3.05, 3.63) is 34.3 Å². The molecule has 2 rings (SSSR count). The van der Waals surface area contributed by atoms with Crippen LogP contribution < -0.4 is 11.1 Å². The molecule has 1 N–H and O–H groups in total. The van der Waals surface area contributed by atoms with Crippen LogP contribution >= 0.6 is 0 Å². The molecule has 0 saturated carbocycles. The molecule has 2 unspecified atom stereocenters. The van der Waals surface area contributed by atoms with Gasteiger partial charge in [-0.05, 0) is 42.5 Å². The van der Waals surface area contributed by atoms with E-state index in [4.69, 9.17) is 4.42 Å². The summed E-state index contributed by atoms with van der Waals surface area (Å²) in [7, 11) is 3.70. The first-order chi connectivity index (χ1) is 9.74. The molecular weight excluding hydrogens is 264 g/mol. The molecule has 1 heterocycles. The fourth-order valence-electron chi connectivity index (χ4n) is 2.49. The fraction of sp³-hybridized carbons (Fsp3) is 0.588. The van der Waals surface area contributed by atoms with Gasteiger partial charge in [0.1, 0.15) is 0 Å². The van der Waals surface area contributed by atoms with Crippen LogP contribution in [0, 0.1) is 11.3 Å². The lowest BCUT2D eigenvalue weighted by molar-refractivity contribution is 0.226. The number of nitrogens with zero attached hydrogens (tertiary/aromatic N) is 1. The highest BCUT2D eigenvalue weighted by atomic mass is 16.4. The number of aromatic nitrogens is 1. The molecule has 116 valence electrons. The number of aryl methyl sites for hydroxylation is 1. The number of hydrogen-bond donors (Lipinski definition) is 1. The third-order valence-electron chi connectivity index (χ3n) is 4.63. The van der Waals surface area contributed by atoms with Crippen LogP contribution in [0.2, 0.25) is 0 Å². The molecular formula is C17H26N2O2. The maximum Gasteiger partial charge on any atom is 0.419 e. The molecule has 0 amide bonds. The summed E-state index contributed by atoms with van der Waals surface area (Å²) in [6.45, 7) is 9.09. The minimum atomic E-state index is -0.314. The Balaban J connectivity index is 2.32. The Morgan fingerprint density at radius 2 is 2.00 bits per heavy atom. The van der Waals surface area contributed by atoms with Crippen LogP contribution in [0.25, 0.3) is 11.1 Å². The first-order valence-electron chi connectivity index (χ1n) is 7.50. The molecule has 0 saturated heterocycles. The van der Waals surface area contributed by atoms with Gasteiger partial charge in [-0.15, -0.1) is 0 Å². The van der Waals surface area contributed by atoms with Gasteiger partial charge in [0.2, 0.25) is 0 Å². The first-order valence-corrected chi connectivity index (χ1v) is 7.50. The first kappa shape index (κ1) is 15.8. The van der Waals surface area contributed by atoms with Crippen molar-refractivity contribution in [3.8, 4) is 0 Å². The zero-order chi connectivity index (χ0) is 15.8. The molecule has 0 aliphatic carbocycles. The molecule has 0 radical (unpaired) electrons. The Morgan fingerprint density at radius 1 is 1.33 bits per heavy atom. The zero-order valence-corrected chi connectivity index (χ0v) is 13.9. The molecule has 4 nitrogen and oxygen atoms in total. The molecule has 0 aliphatic rings. The molecule has 0 fully saturated rings. The van der Waals surface area contributed by atoms with E-state index in [1.54, 1.807) is 7.05 Å². The van der Waals surface area contributed by atoms with Gasteiger partial charge < -0.3 is 9.73 Å². The Bertz CT molecular complexity index is 676. The molecule has 0 aliphatic heterocycles. The average Bonchev–Trinajstić information content (AvgIpc) is 2.69. The Kier molecular flexibility index (Phi) is 4.28. The standard InChI is InChI=1S/C17H26N2O2/c1-11(17(2,3)4)9-13(18-5)12-7-8-14-15(10-12)21-16(20)19(14)6/h7-8,10-11,13,18H,9H2,1-6H3. The van der Waals surface area contributed by atoms with Gasteiger partial charge in [-0.3, -0.25) is 4.57 Å². The van der Waals surface area contributed by atoms with Gasteiger partial charge in [0.05, 0.1) is 5.52 Å². The molecule has 4 heteroatoms. The average molecular weight is 290 g/mol. The molecule has 2 atom stereocenters. The van der Waals surface area contributed by atoms with E-state index in [1.807, 2.05) is 19.2 Å². The van der Waals surface area contributed by atoms with Crippen LogP contribution in [0.4, 0.5) is 0 Å². The van der Waals surface area contributed by atoms with E-state index in [2.05, 4.69) is 39.1 Å². The SMILES string of the molecule is CNC(CC(C)C(C)(C)C)c1ccc2c(c1)oc(=O)n2C. The number of rotatable bonds is 4. The maximum absolute atomic E-state index is 11.6. The van der Waals surface area contributed by atoms with E-state index in [0.717, 1.165) is 17.5 Å². The van der Waals surface area contributed by atoms with Crippen LogP contribution in [0.1, 0.15) is 45.7 Å². The van der Waals surface area contributed by atoms with E-state index in [9.17, 15) is 4.79 Å². The van der Waals surface area contributed by atoms with Crippen molar-refractivity contribution in [2.75, 3.05) is 7.05 Å². The summed E-state index contributed by atoms with van der Waals surface area (Å²) in [5, 5.41) is 3.38. The topological polar surface area (TPSA) is 47.2 Å². The van der Waals surface area contributed by atoms with Crippen molar-refractivity contribution in [2.24, 2.45) is 18.4 Å². The van der Waals surface area contributed by atoms with Crippen LogP contribution in [-0.2, 0) is 7.05 Å². The van der Waals surface area contributed by atoms with Gasteiger partial charge in [-0.25, -0.2) is 4.79 Å². The van der Waals surface area contributed by atoms with Crippen molar-refractivity contribution in [3.63, 3.8) is 0 Å². The molecule has 1 aromatic heterocycles. The molecule has 0 spiro atoms. The highest BCUT2D eigenvalue weighted by Gasteiger charge is 2.24. The van der Waals surface area contributed by atoms with E-state index < -0.39 is 0 Å². The summed E-state index contributed by atoms with van der Waals surface area (Å²) in [6, 6.07) is 6.28. The lowest BCUT2D eigenvalue weighted by Crippen LogP contribution is -2.25. The second-order valence-corrected chi connectivity index (χ2v) is 7.00. The number of fused-ring (bicyclic) bond motifs is 1. The third-order valence-corrected chi connectivity index (χ3v) is 4.63. The summed E-state index contributed by atoms with van der Waals surface area (Å²) >= 11 is 0. The Morgan fingerprint density at radius 3 is 2.57 bits per heavy atom. The lowest BCUT2D eigenvalue weighted by Gasteiger charge is -2.31. The van der Waals surface area contributed by atoms with Gasteiger partial charge in [-0.1, -0.05) is 33.8 Å². The number of benzene rings is 1. The van der Waals surface area contributed by atoms with Crippen LogP contribution in [0.15, 0.2) is 27.4 Å². The summed E-state index contributed by atoms with van der Waals surface area (Å²) in [5.74, 6) is 0.264. The second kappa shape index (κ2) is 5.68. The van der Waals surface area contributed by atoms with Gasteiger partial charge >= 0.3 is 5.76 Å². The monoisotopic (exact) mass is 290 g/mol. The number of hydrogen-bond acceptors (Lipinski definition) is 3. The maximum atomic E-state index is 11.6. The minimum Gasteiger partial charge on any atom is -0.408 e. The molecule has 0 bridgehead atoms. The second-order valence-electron chi connectivity index (χ2n) is 7.00. The smallest absolute Gasteiger partial charge is 0.408 e. The predicted molar refractivity (Wildman–Crippen MR) is 86.5 cm³/mol. The quantitative estimate of drug-likeness (QED) is 0.938. The van der Waals surface area contributed by atoms with Gasteiger partial charge in [-0.2, -0.15) is 0 Å². The van der Waals surface area contributed by atoms with Gasteiger partial charge in [0.15, 0.2) is 5.58 Å². The van der Waals surface area contributed by atoms with Gasteiger partial charge in [0.25, 0.3) is 0 Å². The highest BCUT2D eigenvalue weighted by Crippen LogP contribution is 2.33. The summed E-state index contributed by atoms with van der Waals surface area (Å²) < 4.78 is 6.82. The van der Waals surface area contributed by atoms with Crippen molar-refractivity contribution in [2.45, 2.75) is 40.2 Å². The summed E-state index contributed by atoms with van der Waals surface area (Å²) in [5.41, 5.74) is 2.93. The van der Waals surface area contributed by atoms with E-state index in [0.29, 0.717) is 11.5 Å². The Hall–Kier alpha value is -1.55. The van der Waals surface area contributed by atoms with Crippen molar-refractivity contribution in [1.82, 2.24) is 9.88 Å². The minimum absolute atomic E-state index is 0.258. The molecule has 1 aromatic carbocycles. The zero-order valence-electron chi connectivity index (χ0n) is 13.9. The van der Waals surface area contributed by atoms with Crippen LogP contribution in [0.3, 0.4) is 0 Å². The summed E-state index contributed by atoms with van der Waals surface area (Å²) in [6.07, 6.45) is 1.04. The van der Waals surface area contributed by atoms with Crippen molar-refractivity contribution >= 4 is 11.1 Å². The van der Waals surface area contributed by atoms with Crippen LogP contribution in [0.5, 0.6) is 0 Å². The van der Waals surface area contributed by atoms with Crippen LogP contribution in [-0.4, -0.2) is 11.6 Å². The van der Waals surface area contributed by atoms with Crippen molar-refractivity contribution < 1.29 is 4.42 Å². The molecule has 2 aromatic rings. The normalized spacial score (nSPS) is 15.3. The highest BCUT2D eigenvalue weighted by molar-refractivity contribution is 5.73. The predicted octanol–water partition coefficient (Wildman–Crippen LogP) is 3.46. The van der Waals surface area contributed by atoms with E-state index >= 15 is 0 Å². The van der Waals surface area contributed by atoms with E-state index in [1.165, 1.54) is 4.57 Å².